The van der Waals surface area contributed by atoms with Gasteiger partial charge in [0.1, 0.15) is 5.82 Å². The molecule has 0 aliphatic heterocycles. The van der Waals surface area contributed by atoms with Crippen molar-refractivity contribution < 1.29 is 4.79 Å². The van der Waals surface area contributed by atoms with Crippen LogP contribution < -0.4 is 16.4 Å². The van der Waals surface area contributed by atoms with Crippen LogP contribution in [0.25, 0.3) is 0 Å². The molecule has 1 amide bonds. The van der Waals surface area contributed by atoms with Crippen LogP contribution in [0.4, 0.5) is 17.2 Å². The van der Waals surface area contributed by atoms with Crippen LogP contribution in [-0.4, -0.2) is 28.9 Å². The maximum atomic E-state index is 11.9. The van der Waals surface area contributed by atoms with Crippen molar-refractivity contribution in [3.63, 3.8) is 0 Å². The zero-order valence-corrected chi connectivity index (χ0v) is 14.5. The molecular formula is C16H21ClN4OS. The Hall–Kier alpha value is -1.76. The van der Waals surface area contributed by atoms with E-state index in [9.17, 15) is 4.79 Å². The third-order valence-electron chi connectivity index (χ3n) is 3.05. The molecule has 0 radical (unpaired) electrons. The van der Waals surface area contributed by atoms with Gasteiger partial charge in [-0.15, -0.1) is 12.4 Å². The average molecular weight is 353 g/mol. The number of nitrogens with two attached hydrogens (primary N) is 1. The van der Waals surface area contributed by atoms with Gasteiger partial charge in [-0.05, 0) is 42.7 Å². The number of benzene rings is 1. The maximum absolute atomic E-state index is 11.9. The highest BCUT2D eigenvalue weighted by molar-refractivity contribution is 7.98. The van der Waals surface area contributed by atoms with E-state index in [0.717, 1.165) is 17.3 Å². The number of anilines is 3. The zero-order chi connectivity index (χ0) is 15.8. The molecule has 2 aromatic rings. The number of hydrogen-bond acceptors (Lipinski definition) is 5. The number of nitrogens with one attached hydrogen (secondary N) is 2. The second-order valence-corrected chi connectivity index (χ2v) is 5.79. The van der Waals surface area contributed by atoms with Crippen molar-refractivity contribution in [1.29, 1.82) is 0 Å². The summed E-state index contributed by atoms with van der Waals surface area (Å²) in [5.74, 6) is 1.41. The van der Waals surface area contributed by atoms with Crippen LogP contribution in [0.15, 0.2) is 48.7 Å². The summed E-state index contributed by atoms with van der Waals surface area (Å²) in [6.07, 6.45) is 4.27. The number of amides is 1. The molecular weight excluding hydrogens is 332 g/mol. The number of hydrogen-bond donors (Lipinski definition) is 3. The molecule has 23 heavy (non-hydrogen) atoms. The lowest BCUT2D eigenvalue weighted by Gasteiger charge is -2.12. The van der Waals surface area contributed by atoms with Gasteiger partial charge in [0.05, 0.1) is 17.9 Å². The highest BCUT2D eigenvalue weighted by Crippen LogP contribution is 2.15. The molecule has 1 aromatic carbocycles. The minimum Gasteiger partial charge on any atom is -0.340 e. The highest BCUT2D eigenvalue weighted by Gasteiger charge is 2.13. The molecule has 5 nitrogen and oxygen atoms in total. The third-order valence-corrected chi connectivity index (χ3v) is 3.69. The molecule has 0 saturated heterocycles. The Balaban J connectivity index is 0.00000264. The molecule has 0 spiro atoms. The highest BCUT2D eigenvalue weighted by atomic mass is 35.5. The van der Waals surface area contributed by atoms with Crippen LogP contribution in [0.2, 0.25) is 0 Å². The fourth-order valence-electron chi connectivity index (χ4n) is 1.82. The summed E-state index contributed by atoms with van der Waals surface area (Å²) in [5, 5.41) is 5.96. The molecule has 1 aromatic heterocycles. The SMILES string of the molecule is CSCC[C@H](N)C(=O)Nc1ccc(Nc2ccccc2)nc1.Cl. The lowest BCUT2D eigenvalue weighted by Crippen LogP contribution is -2.36. The van der Waals surface area contributed by atoms with Crippen LogP contribution in [0.3, 0.4) is 0 Å². The summed E-state index contributed by atoms with van der Waals surface area (Å²) in [6.45, 7) is 0. The van der Waals surface area contributed by atoms with Crippen LogP contribution in [-0.2, 0) is 4.79 Å². The molecule has 7 heteroatoms. The quantitative estimate of drug-likeness (QED) is 0.712. The Morgan fingerprint density at radius 3 is 2.57 bits per heavy atom. The predicted octanol–water partition coefficient (Wildman–Crippen LogP) is 3.27. The average Bonchev–Trinajstić information content (AvgIpc) is 2.55. The van der Waals surface area contributed by atoms with Gasteiger partial charge < -0.3 is 16.4 Å². The van der Waals surface area contributed by atoms with Crippen molar-refractivity contribution in [2.24, 2.45) is 5.73 Å². The van der Waals surface area contributed by atoms with Crippen molar-refractivity contribution in [3.8, 4) is 0 Å². The first-order chi connectivity index (χ1) is 10.7. The summed E-state index contributed by atoms with van der Waals surface area (Å²) < 4.78 is 0. The number of aromatic nitrogens is 1. The Morgan fingerprint density at radius 1 is 1.22 bits per heavy atom. The molecule has 0 saturated carbocycles. The number of carbonyl (C=O) groups is 1. The number of nitrogens with zero attached hydrogens (tertiary/aromatic N) is 1. The van der Waals surface area contributed by atoms with Gasteiger partial charge in [-0.25, -0.2) is 4.98 Å². The number of carbonyl (C=O) groups excluding carboxylic acids is 1. The normalized spacial score (nSPS) is 11.2. The van der Waals surface area contributed by atoms with Crippen LogP contribution in [0.5, 0.6) is 0 Å². The lowest BCUT2D eigenvalue weighted by molar-refractivity contribution is -0.117. The molecule has 0 fully saturated rings. The van der Waals surface area contributed by atoms with Crippen molar-refractivity contribution in [2.75, 3.05) is 22.6 Å². The van der Waals surface area contributed by atoms with E-state index in [-0.39, 0.29) is 18.3 Å². The van der Waals surface area contributed by atoms with Gasteiger partial charge in [0.2, 0.25) is 5.91 Å². The zero-order valence-electron chi connectivity index (χ0n) is 12.9. The van der Waals surface area contributed by atoms with Gasteiger partial charge >= 0.3 is 0 Å². The first-order valence-corrected chi connectivity index (χ1v) is 8.42. The minimum absolute atomic E-state index is 0. The first kappa shape index (κ1) is 19.3. The maximum Gasteiger partial charge on any atom is 0.241 e. The van der Waals surface area contributed by atoms with Gasteiger partial charge in [0, 0.05) is 5.69 Å². The van der Waals surface area contributed by atoms with Gasteiger partial charge in [-0.1, -0.05) is 18.2 Å². The van der Waals surface area contributed by atoms with Crippen molar-refractivity contribution in [2.45, 2.75) is 12.5 Å². The smallest absolute Gasteiger partial charge is 0.241 e. The molecule has 2 rings (SSSR count). The fraction of sp³-hybridized carbons (Fsp3) is 0.250. The summed E-state index contributed by atoms with van der Waals surface area (Å²) in [4.78, 5) is 16.2. The number of halogens is 1. The fourth-order valence-corrected chi connectivity index (χ4v) is 2.31. The van der Waals surface area contributed by atoms with Crippen molar-refractivity contribution in [3.05, 3.63) is 48.7 Å². The molecule has 4 N–H and O–H groups in total. The van der Waals surface area contributed by atoms with E-state index in [1.54, 1.807) is 24.0 Å². The van der Waals surface area contributed by atoms with Gasteiger partial charge in [-0.3, -0.25) is 4.79 Å². The van der Waals surface area contributed by atoms with E-state index < -0.39 is 6.04 Å². The Labute approximate surface area is 146 Å². The van der Waals surface area contributed by atoms with E-state index in [0.29, 0.717) is 12.1 Å². The van der Waals surface area contributed by atoms with Gasteiger partial charge in [0.15, 0.2) is 0 Å². The number of thioether (sulfide) groups is 1. The predicted molar refractivity (Wildman–Crippen MR) is 101 cm³/mol. The minimum atomic E-state index is -0.491. The molecule has 0 unspecified atom stereocenters. The van der Waals surface area contributed by atoms with Crippen LogP contribution in [0, 0.1) is 0 Å². The number of pyridine rings is 1. The lowest BCUT2D eigenvalue weighted by atomic mass is 10.2. The molecule has 0 aliphatic rings. The van der Waals surface area contributed by atoms with E-state index in [1.807, 2.05) is 42.7 Å². The first-order valence-electron chi connectivity index (χ1n) is 7.02. The summed E-state index contributed by atoms with van der Waals surface area (Å²) in [6, 6.07) is 12.9. The Bertz CT molecular complexity index is 595. The number of rotatable bonds is 7. The molecule has 1 atom stereocenters. The Kier molecular flexibility index (Phi) is 8.47. The van der Waals surface area contributed by atoms with Gasteiger partial charge in [-0.2, -0.15) is 11.8 Å². The molecule has 124 valence electrons. The molecule has 1 heterocycles. The second-order valence-electron chi connectivity index (χ2n) is 4.80. The second kappa shape index (κ2) is 10.1. The standard InChI is InChI=1S/C16H20N4OS.ClH/c1-22-10-9-14(17)16(21)20-13-7-8-15(18-11-13)19-12-5-3-2-4-6-12;/h2-8,11,14H,9-10,17H2,1H3,(H,18,19)(H,20,21);1H/t14-;/m0./s1. The number of para-hydroxylation sites is 1. The Morgan fingerprint density at radius 2 is 1.96 bits per heavy atom. The van der Waals surface area contributed by atoms with E-state index in [4.69, 9.17) is 5.73 Å². The summed E-state index contributed by atoms with van der Waals surface area (Å²) >= 11 is 1.68. The van der Waals surface area contributed by atoms with E-state index in [2.05, 4.69) is 15.6 Å². The van der Waals surface area contributed by atoms with Crippen molar-refractivity contribution >= 4 is 47.3 Å². The van der Waals surface area contributed by atoms with E-state index >= 15 is 0 Å². The van der Waals surface area contributed by atoms with E-state index in [1.165, 1.54) is 0 Å². The summed E-state index contributed by atoms with van der Waals surface area (Å²) in [7, 11) is 0. The largest absolute Gasteiger partial charge is 0.340 e. The topological polar surface area (TPSA) is 80.0 Å². The van der Waals surface area contributed by atoms with Crippen molar-refractivity contribution in [1.82, 2.24) is 4.98 Å². The summed E-state index contributed by atoms with van der Waals surface area (Å²) in [5.41, 5.74) is 7.43. The third kappa shape index (κ3) is 6.48. The molecule has 0 bridgehead atoms. The van der Waals surface area contributed by atoms with Crippen LogP contribution >= 0.6 is 24.2 Å². The monoisotopic (exact) mass is 352 g/mol. The van der Waals surface area contributed by atoms with Crippen LogP contribution in [0.1, 0.15) is 6.42 Å². The van der Waals surface area contributed by atoms with Gasteiger partial charge in [0.25, 0.3) is 0 Å². The molecule has 0 aliphatic carbocycles.